The lowest BCUT2D eigenvalue weighted by molar-refractivity contribution is 1.07. The van der Waals surface area contributed by atoms with Crippen LogP contribution >= 0.6 is 0 Å². The molecule has 0 bridgehead atoms. The number of aromatic nitrogens is 5. The molecule has 0 aliphatic heterocycles. The Kier molecular flexibility index (Phi) is 8.41. The van der Waals surface area contributed by atoms with E-state index in [4.69, 9.17) is 19.9 Å². The van der Waals surface area contributed by atoms with Crippen molar-refractivity contribution >= 4 is 32.7 Å². The highest BCUT2D eigenvalue weighted by Crippen LogP contribution is 2.41. The van der Waals surface area contributed by atoms with E-state index in [1.54, 1.807) is 0 Å². The second-order valence-electron chi connectivity index (χ2n) is 14.7. The summed E-state index contributed by atoms with van der Waals surface area (Å²) in [5.74, 6) is 1.84. The van der Waals surface area contributed by atoms with E-state index >= 15 is 0 Å². The molecule has 0 atom stereocenters. The van der Waals surface area contributed by atoms with Crippen molar-refractivity contribution in [1.29, 1.82) is 0 Å². The van der Waals surface area contributed by atoms with Gasteiger partial charge in [0, 0.05) is 44.1 Å². The maximum Gasteiger partial charge on any atom is 0.164 e. The Morgan fingerprint density at radius 2 is 0.678 bits per heavy atom. The van der Waals surface area contributed by atoms with Crippen LogP contribution in [0.1, 0.15) is 0 Å². The lowest BCUT2D eigenvalue weighted by Gasteiger charge is -2.13. The van der Waals surface area contributed by atoms with E-state index in [0.717, 1.165) is 77.8 Å². The molecule has 8 aromatic carbocycles. The van der Waals surface area contributed by atoms with Crippen LogP contribution in [0.5, 0.6) is 0 Å². The molecule has 3 aromatic heterocycles. The minimum Gasteiger partial charge on any atom is -0.307 e. The second kappa shape index (κ2) is 14.5. The average Bonchev–Trinajstić information content (AvgIpc) is 3.68. The molecule has 11 rings (SSSR count). The van der Waals surface area contributed by atoms with E-state index in [2.05, 4.69) is 205 Å². The molecule has 0 fully saturated rings. The normalized spacial score (nSPS) is 11.4. The molecule has 0 saturated carbocycles. The van der Waals surface area contributed by atoms with Gasteiger partial charge in [0.1, 0.15) is 0 Å². The number of rotatable bonds is 7. The van der Waals surface area contributed by atoms with Crippen LogP contribution in [-0.4, -0.2) is 24.5 Å². The quantitative estimate of drug-likeness (QED) is 0.163. The number of nitrogens with zero attached hydrogens (tertiary/aromatic N) is 5. The van der Waals surface area contributed by atoms with Crippen molar-refractivity contribution in [1.82, 2.24) is 24.5 Å². The molecule has 0 saturated heterocycles. The fourth-order valence-corrected chi connectivity index (χ4v) is 8.16. The highest BCUT2D eigenvalue weighted by molar-refractivity contribution is 6.23. The van der Waals surface area contributed by atoms with Crippen LogP contribution in [0.15, 0.2) is 212 Å². The Morgan fingerprint density at radius 1 is 0.288 bits per heavy atom. The van der Waals surface area contributed by atoms with E-state index in [9.17, 15) is 0 Å². The summed E-state index contributed by atoms with van der Waals surface area (Å²) < 4.78 is 2.35. The zero-order valence-corrected chi connectivity index (χ0v) is 31.9. The first-order chi connectivity index (χ1) is 29.2. The standard InChI is InChI=1S/C54H35N5/c1-4-14-36(15-5-1)38-24-30-41(31-25-38)52-56-53(42-32-26-39(27-33-42)37-16-6-2-7-17-37)58-54(57-52)43-34-28-40(29-35-43)50-51-49(45-20-10-12-22-47(45)55-50)46-21-11-13-23-48(46)59(51)44-18-8-3-9-19-44/h1-35H. The third kappa shape index (κ3) is 6.22. The number of pyridine rings is 1. The van der Waals surface area contributed by atoms with Gasteiger partial charge in [0.25, 0.3) is 0 Å². The van der Waals surface area contributed by atoms with Crippen molar-refractivity contribution in [2.75, 3.05) is 0 Å². The molecular weight excluding hydrogens is 719 g/mol. The zero-order chi connectivity index (χ0) is 39.1. The van der Waals surface area contributed by atoms with Gasteiger partial charge in [-0.1, -0.05) is 188 Å². The minimum atomic E-state index is 0.603. The predicted molar refractivity (Wildman–Crippen MR) is 242 cm³/mol. The molecule has 3 heterocycles. The number of hydrogen-bond acceptors (Lipinski definition) is 4. The molecule has 0 aliphatic carbocycles. The molecule has 0 amide bonds. The third-order valence-electron chi connectivity index (χ3n) is 11.1. The van der Waals surface area contributed by atoms with Gasteiger partial charge in [-0.25, -0.2) is 19.9 Å². The Hall–Kier alpha value is -8.02. The van der Waals surface area contributed by atoms with Crippen molar-refractivity contribution in [2.45, 2.75) is 0 Å². The molecule has 0 N–H and O–H groups in total. The first kappa shape index (κ1) is 34.2. The van der Waals surface area contributed by atoms with Gasteiger partial charge < -0.3 is 4.57 Å². The summed E-state index contributed by atoms with van der Waals surface area (Å²) in [5, 5.41) is 3.52. The van der Waals surface area contributed by atoms with Crippen molar-refractivity contribution in [3.05, 3.63) is 212 Å². The molecule has 11 aromatic rings. The molecule has 5 heteroatoms. The van der Waals surface area contributed by atoms with Gasteiger partial charge >= 0.3 is 0 Å². The molecule has 276 valence electrons. The summed E-state index contributed by atoms with van der Waals surface area (Å²) in [6.45, 7) is 0. The summed E-state index contributed by atoms with van der Waals surface area (Å²) in [6.07, 6.45) is 0. The third-order valence-corrected chi connectivity index (χ3v) is 11.1. The van der Waals surface area contributed by atoms with Gasteiger partial charge in [0.05, 0.1) is 22.2 Å². The topological polar surface area (TPSA) is 56.5 Å². The number of hydrogen-bond donors (Lipinski definition) is 0. The SMILES string of the molecule is c1ccc(-c2ccc(-c3nc(-c4ccc(-c5ccccc5)cc4)nc(-c4ccc(-c5nc6ccccc6c6c7ccccc7n(-c7ccccc7)c56)cc4)n3)cc2)cc1. The van der Waals surface area contributed by atoms with Crippen LogP contribution < -0.4 is 0 Å². The summed E-state index contributed by atoms with van der Waals surface area (Å²) in [4.78, 5) is 20.6. The molecule has 0 aliphatic rings. The highest BCUT2D eigenvalue weighted by Gasteiger charge is 2.21. The number of para-hydroxylation sites is 3. The van der Waals surface area contributed by atoms with Crippen molar-refractivity contribution in [2.24, 2.45) is 0 Å². The fraction of sp³-hybridized carbons (Fsp3) is 0. The highest BCUT2D eigenvalue weighted by atomic mass is 15.0. The largest absolute Gasteiger partial charge is 0.307 e. The van der Waals surface area contributed by atoms with E-state index < -0.39 is 0 Å². The van der Waals surface area contributed by atoms with Gasteiger partial charge in [-0.15, -0.1) is 0 Å². The molecular formula is C54H35N5. The van der Waals surface area contributed by atoms with E-state index in [1.807, 2.05) is 12.1 Å². The predicted octanol–water partition coefficient (Wildman–Crippen LogP) is 13.5. The van der Waals surface area contributed by atoms with Gasteiger partial charge in [0.15, 0.2) is 17.5 Å². The summed E-state index contributed by atoms with van der Waals surface area (Å²) in [6, 6.07) is 73.8. The van der Waals surface area contributed by atoms with Crippen LogP contribution in [0.3, 0.4) is 0 Å². The second-order valence-corrected chi connectivity index (χ2v) is 14.7. The maximum absolute atomic E-state index is 5.36. The van der Waals surface area contributed by atoms with Crippen LogP contribution in [0, 0.1) is 0 Å². The first-order valence-corrected chi connectivity index (χ1v) is 19.8. The van der Waals surface area contributed by atoms with Crippen molar-refractivity contribution in [3.63, 3.8) is 0 Å². The van der Waals surface area contributed by atoms with Crippen LogP contribution in [0.25, 0.3) is 106 Å². The zero-order valence-electron chi connectivity index (χ0n) is 31.9. The average molecular weight is 754 g/mol. The van der Waals surface area contributed by atoms with E-state index in [1.165, 1.54) is 10.8 Å². The van der Waals surface area contributed by atoms with Crippen LogP contribution in [0.4, 0.5) is 0 Å². The summed E-state index contributed by atoms with van der Waals surface area (Å²) >= 11 is 0. The van der Waals surface area contributed by atoms with E-state index in [-0.39, 0.29) is 0 Å². The molecule has 0 spiro atoms. The van der Waals surface area contributed by atoms with E-state index in [0.29, 0.717) is 17.5 Å². The first-order valence-electron chi connectivity index (χ1n) is 19.8. The van der Waals surface area contributed by atoms with Crippen molar-refractivity contribution in [3.8, 4) is 73.4 Å². The Bertz CT molecular complexity index is 3170. The lowest BCUT2D eigenvalue weighted by Crippen LogP contribution is -2.00. The smallest absolute Gasteiger partial charge is 0.164 e. The molecule has 5 nitrogen and oxygen atoms in total. The van der Waals surface area contributed by atoms with Gasteiger partial charge in [-0.3, -0.25) is 0 Å². The Balaban J connectivity index is 1.05. The Labute approximate surface area is 341 Å². The monoisotopic (exact) mass is 753 g/mol. The minimum absolute atomic E-state index is 0.603. The molecule has 59 heavy (non-hydrogen) atoms. The van der Waals surface area contributed by atoms with Gasteiger partial charge in [0.2, 0.25) is 0 Å². The Morgan fingerprint density at radius 3 is 1.20 bits per heavy atom. The fourth-order valence-electron chi connectivity index (χ4n) is 8.16. The van der Waals surface area contributed by atoms with Gasteiger partial charge in [-0.2, -0.15) is 0 Å². The van der Waals surface area contributed by atoms with Crippen LogP contribution in [0.2, 0.25) is 0 Å². The van der Waals surface area contributed by atoms with Crippen molar-refractivity contribution < 1.29 is 0 Å². The van der Waals surface area contributed by atoms with Crippen LogP contribution in [-0.2, 0) is 0 Å². The maximum atomic E-state index is 5.36. The number of benzene rings is 8. The number of fused-ring (bicyclic) bond motifs is 5. The summed E-state index contributed by atoms with van der Waals surface area (Å²) in [5.41, 5.74) is 13.5. The lowest BCUT2D eigenvalue weighted by atomic mass is 10.0. The molecule has 0 unspecified atom stereocenters. The molecule has 0 radical (unpaired) electrons. The summed E-state index contributed by atoms with van der Waals surface area (Å²) in [7, 11) is 0. The van der Waals surface area contributed by atoms with Gasteiger partial charge in [-0.05, 0) is 46.5 Å².